The van der Waals surface area contributed by atoms with Gasteiger partial charge in [0.25, 0.3) is 17.5 Å². The molecule has 0 radical (unpaired) electrons. The fraction of sp³-hybridized carbons (Fsp3) is 0.0870. The van der Waals surface area contributed by atoms with Gasteiger partial charge < -0.3 is 4.57 Å². The van der Waals surface area contributed by atoms with Crippen LogP contribution in [0.15, 0.2) is 60.2 Å². The van der Waals surface area contributed by atoms with Gasteiger partial charge in [-0.1, -0.05) is 12.1 Å². The lowest BCUT2D eigenvalue weighted by molar-refractivity contribution is -0.384. The van der Waals surface area contributed by atoms with E-state index < -0.39 is 22.6 Å². The fourth-order valence-electron chi connectivity index (χ4n) is 3.72. The molecule has 3 aromatic rings. The molecule has 0 unspecified atom stereocenters. The summed E-state index contributed by atoms with van der Waals surface area (Å²) >= 11 is 5.11. The number of rotatable bonds is 4. The number of aryl methyl sites for hydroxylation is 1. The first-order valence-electron chi connectivity index (χ1n) is 9.79. The molecule has 4 rings (SSSR count). The first-order chi connectivity index (χ1) is 15.7. The van der Waals surface area contributed by atoms with Crippen molar-refractivity contribution in [1.29, 1.82) is 0 Å². The van der Waals surface area contributed by atoms with Gasteiger partial charge in [-0.3, -0.25) is 25.0 Å². The topological polar surface area (TPSA) is 97.5 Å². The van der Waals surface area contributed by atoms with Gasteiger partial charge in [-0.15, -0.1) is 0 Å². The van der Waals surface area contributed by atoms with Crippen molar-refractivity contribution in [2.45, 2.75) is 13.8 Å². The van der Waals surface area contributed by atoms with Crippen LogP contribution in [0.5, 0.6) is 0 Å². The molecule has 1 aliphatic heterocycles. The zero-order valence-electron chi connectivity index (χ0n) is 17.5. The molecule has 0 atom stereocenters. The quantitative estimate of drug-likeness (QED) is 0.207. The van der Waals surface area contributed by atoms with Crippen LogP contribution in [0.1, 0.15) is 17.0 Å². The second kappa shape index (κ2) is 8.40. The van der Waals surface area contributed by atoms with E-state index in [9.17, 15) is 24.1 Å². The molecule has 0 bridgehead atoms. The largest absolute Gasteiger partial charge is 0.318 e. The van der Waals surface area contributed by atoms with E-state index in [1.165, 1.54) is 36.4 Å². The number of carbonyl (C=O) groups excluding carboxylic acids is 2. The van der Waals surface area contributed by atoms with E-state index in [4.69, 9.17) is 12.2 Å². The number of nitrogens with zero attached hydrogens (tertiary/aromatic N) is 3. The zero-order chi connectivity index (χ0) is 23.9. The van der Waals surface area contributed by atoms with Crippen molar-refractivity contribution in [3.63, 3.8) is 0 Å². The Balaban J connectivity index is 1.75. The molecule has 2 aromatic carbocycles. The van der Waals surface area contributed by atoms with Crippen molar-refractivity contribution < 1.29 is 18.9 Å². The molecular formula is C23H17FN4O4S. The maximum absolute atomic E-state index is 14.3. The van der Waals surface area contributed by atoms with Crippen molar-refractivity contribution in [3.05, 3.63) is 93.1 Å². The average Bonchev–Trinajstić information content (AvgIpc) is 3.05. The fourth-order valence-corrected chi connectivity index (χ4v) is 3.99. The zero-order valence-corrected chi connectivity index (χ0v) is 18.4. The minimum absolute atomic E-state index is 0.0303. The Kier molecular flexibility index (Phi) is 5.60. The molecule has 8 nitrogen and oxygen atoms in total. The third-order valence-corrected chi connectivity index (χ3v) is 5.57. The van der Waals surface area contributed by atoms with Crippen molar-refractivity contribution in [1.82, 2.24) is 9.88 Å². The third-order valence-electron chi connectivity index (χ3n) is 5.28. The average molecular weight is 464 g/mol. The minimum atomic E-state index is -0.742. The predicted octanol–water partition coefficient (Wildman–Crippen LogP) is 3.97. The summed E-state index contributed by atoms with van der Waals surface area (Å²) in [5, 5.41) is 13.2. The predicted molar refractivity (Wildman–Crippen MR) is 125 cm³/mol. The van der Waals surface area contributed by atoms with Gasteiger partial charge in [0.1, 0.15) is 11.4 Å². The number of hydrogen-bond acceptors (Lipinski definition) is 5. The van der Waals surface area contributed by atoms with Crippen LogP contribution in [-0.2, 0) is 9.59 Å². The highest BCUT2D eigenvalue weighted by molar-refractivity contribution is 7.80. The lowest BCUT2D eigenvalue weighted by Gasteiger charge is -2.29. The van der Waals surface area contributed by atoms with Gasteiger partial charge in [0.15, 0.2) is 5.11 Å². The van der Waals surface area contributed by atoms with Crippen molar-refractivity contribution in [2.24, 2.45) is 0 Å². The van der Waals surface area contributed by atoms with Gasteiger partial charge >= 0.3 is 0 Å². The van der Waals surface area contributed by atoms with E-state index in [-0.39, 0.29) is 22.1 Å². The van der Waals surface area contributed by atoms with Crippen LogP contribution < -0.4 is 10.2 Å². The van der Waals surface area contributed by atoms with Gasteiger partial charge in [-0.2, -0.15) is 0 Å². The molecule has 0 spiro atoms. The Morgan fingerprint density at radius 1 is 1.09 bits per heavy atom. The molecule has 1 fully saturated rings. The molecule has 1 aromatic heterocycles. The normalized spacial score (nSPS) is 15.2. The number of nitro benzene ring substituents is 1. The number of benzene rings is 2. The molecule has 1 saturated heterocycles. The summed E-state index contributed by atoms with van der Waals surface area (Å²) in [4.78, 5) is 37.1. The molecule has 1 aliphatic rings. The number of thiocarbonyl (C=S) groups is 1. The van der Waals surface area contributed by atoms with Crippen LogP contribution in [-0.4, -0.2) is 26.4 Å². The minimum Gasteiger partial charge on any atom is -0.318 e. The van der Waals surface area contributed by atoms with Gasteiger partial charge in [0, 0.05) is 29.2 Å². The highest BCUT2D eigenvalue weighted by Gasteiger charge is 2.35. The second-order valence-electron chi connectivity index (χ2n) is 7.34. The summed E-state index contributed by atoms with van der Waals surface area (Å²) in [5.74, 6) is -2.08. The number of aromatic nitrogens is 1. The first kappa shape index (κ1) is 22.0. The van der Waals surface area contributed by atoms with Crippen LogP contribution in [0.3, 0.4) is 0 Å². The highest BCUT2D eigenvalue weighted by Crippen LogP contribution is 2.27. The Labute approximate surface area is 193 Å². The second-order valence-corrected chi connectivity index (χ2v) is 7.73. The number of carbonyl (C=O) groups is 2. The number of halogens is 1. The first-order valence-corrected chi connectivity index (χ1v) is 10.2. The van der Waals surface area contributed by atoms with E-state index in [1.54, 1.807) is 31.2 Å². The summed E-state index contributed by atoms with van der Waals surface area (Å²) in [5.41, 5.74) is 2.49. The summed E-state index contributed by atoms with van der Waals surface area (Å²) in [6.45, 7) is 3.63. The summed E-state index contributed by atoms with van der Waals surface area (Å²) in [7, 11) is 0. The number of hydrogen-bond donors (Lipinski definition) is 1. The maximum Gasteiger partial charge on any atom is 0.270 e. The van der Waals surface area contributed by atoms with Crippen LogP contribution in [0.25, 0.3) is 11.8 Å². The Bertz CT molecular complexity index is 1360. The van der Waals surface area contributed by atoms with Gasteiger partial charge in [0.05, 0.1) is 10.6 Å². The number of anilines is 1. The Morgan fingerprint density at radius 2 is 1.76 bits per heavy atom. The Hall–Kier alpha value is -4.18. The Morgan fingerprint density at radius 3 is 2.39 bits per heavy atom. The molecule has 10 heteroatoms. The summed E-state index contributed by atoms with van der Waals surface area (Å²) < 4.78 is 16.2. The van der Waals surface area contributed by atoms with Gasteiger partial charge in [0.2, 0.25) is 0 Å². The van der Waals surface area contributed by atoms with Crippen LogP contribution in [0.2, 0.25) is 0 Å². The van der Waals surface area contributed by atoms with Gasteiger partial charge in [-0.25, -0.2) is 9.29 Å². The standard InChI is InChI=1S/C23H17FN4O4S/c1-13-11-15(14(2)26(13)16-7-9-17(10-8-16)28(31)32)12-18-21(29)25-23(33)27(22(18)30)20-6-4-3-5-19(20)24/h3-12H,1-2H3,(H,25,29,33)/b18-12-. The molecule has 2 heterocycles. The van der Waals surface area contributed by atoms with E-state index in [1.807, 2.05) is 11.5 Å². The van der Waals surface area contributed by atoms with E-state index >= 15 is 0 Å². The van der Waals surface area contributed by atoms with E-state index in [0.29, 0.717) is 16.9 Å². The van der Waals surface area contributed by atoms with Crippen LogP contribution in [0, 0.1) is 29.8 Å². The lowest BCUT2D eigenvalue weighted by atomic mass is 10.1. The number of nitrogens with one attached hydrogen (secondary N) is 1. The summed E-state index contributed by atoms with van der Waals surface area (Å²) in [6.07, 6.45) is 1.43. The smallest absolute Gasteiger partial charge is 0.270 e. The van der Waals surface area contributed by atoms with Crippen LogP contribution in [0.4, 0.5) is 15.8 Å². The molecule has 0 aliphatic carbocycles. The van der Waals surface area contributed by atoms with Crippen LogP contribution >= 0.6 is 12.2 Å². The number of nitro groups is 1. The number of para-hydroxylation sites is 1. The molecule has 1 N–H and O–H groups in total. The molecule has 166 valence electrons. The van der Waals surface area contributed by atoms with Crippen molar-refractivity contribution >= 4 is 46.6 Å². The summed E-state index contributed by atoms with van der Waals surface area (Å²) in [6, 6.07) is 13.5. The molecule has 2 amide bonds. The monoisotopic (exact) mass is 464 g/mol. The number of amides is 2. The molecular weight excluding hydrogens is 447 g/mol. The third kappa shape index (κ3) is 3.92. The number of non-ortho nitro benzene ring substituents is 1. The maximum atomic E-state index is 14.3. The van der Waals surface area contributed by atoms with E-state index in [0.717, 1.165) is 10.6 Å². The SMILES string of the molecule is Cc1cc(/C=C2/C(=O)NC(=S)N(c3ccccc3F)C2=O)c(C)n1-c1ccc([N+](=O)[O-])cc1. The lowest BCUT2D eigenvalue weighted by Crippen LogP contribution is -2.54. The van der Waals surface area contributed by atoms with Crippen molar-refractivity contribution in [2.75, 3.05) is 4.90 Å². The van der Waals surface area contributed by atoms with E-state index in [2.05, 4.69) is 5.32 Å². The molecule has 0 saturated carbocycles. The van der Waals surface area contributed by atoms with Crippen molar-refractivity contribution in [3.8, 4) is 5.69 Å². The molecule has 33 heavy (non-hydrogen) atoms. The highest BCUT2D eigenvalue weighted by atomic mass is 32.1. The van der Waals surface area contributed by atoms with Gasteiger partial charge in [-0.05, 0) is 68.0 Å².